The van der Waals surface area contributed by atoms with Crippen molar-refractivity contribution in [3.8, 4) is 0 Å². The fourth-order valence-corrected chi connectivity index (χ4v) is 2.58. The fourth-order valence-electron chi connectivity index (χ4n) is 2.58. The van der Waals surface area contributed by atoms with Crippen LogP contribution in [0.5, 0.6) is 0 Å². The Morgan fingerprint density at radius 2 is 2.00 bits per heavy atom. The van der Waals surface area contributed by atoms with Crippen molar-refractivity contribution in [3.63, 3.8) is 0 Å². The van der Waals surface area contributed by atoms with Gasteiger partial charge in [0.1, 0.15) is 0 Å². The fraction of sp³-hybridized carbons (Fsp3) is 0.294. The third kappa shape index (κ3) is 3.09. The molecule has 0 radical (unpaired) electrons. The number of amides is 1. The van der Waals surface area contributed by atoms with Crippen molar-refractivity contribution in [1.29, 1.82) is 0 Å². The van der Waals surface area contributed by atoms with Crippen molar-refractivity contribution in [3.05, 3.63) is 53.9 Å². The molecule has 5 heteroatoms. The third-order valence-electron chi connectivity index (χ3n) is 3.77. The van der Waals surface area contributed by atoms with Crippen molar-refractivity contribution < 1.29 is 9.53 Å². The number of benzene rings is 1. The molecule has 0 unspecified atom stereocenters. The molecular weight excluding hydrogens is 278 g/mol. The van der Waals surface area contributed by atoms with Gasteiger partial charge in [0, 0.05) is 31.0 Å². The first-order valence-electron chi connectivity index (χ1n) is 7.39. The summed E-state index contributed by atoms with van der Waals surface area (Å²) in [6.07, 6.45) is 3.33. The number of aryl methyl sites for hydroxylation is 1. The van der Waals surface area contributed by atoms with E-state index in [-0.39, 0.29) is 5.91 Å². The van der Waals surface area contributed by atoms with E-state index in [0.29, 0.717) is 18.8 Å². The van der Waals surface area contributed by atoms with Crippen LogP contribution in [0.3, 0.4) is 0 Å². The number of carbonyl (C=O) groups excluding carboxylic acids is 1. The molecule has 1 aromatic heterocycles. The lowest BCUT2D eigenvalue weighted by molar-refractivity contribution is 0.102. The van der Waals surface area contributed by atoms with Gasteiger partial charge in [-0.05, 0) is 30.7 Å². The minimum absolute atomic E-state index is 0.111. The largest absolute Gasteiger partial charge is 0.378 e. The molecule has 1 saturated heterocycles. The van der Waals surface area contributed by atoms with Crippen LogP contribution >= 0.6 is 0 Å². The first-order chi connectivity index (χ1) is 10.8. The monoisotopic (exact) mass is 297 g/mol. The van der Waals surface area contributed by atoms with Gasteiger partial charge in [0.15, 0.2) is 0 Å². The van der Waals surface area contributed by atoms with E-state index in [1.807, 2.05) is 31.2 Å². The van der Waals surface area contributed by atoms with E-state index < -0.39 is 0 Å². The zero-order chi connectivity index (χ0) is 15.4. The lowest BCUT2D eigenvalue weighted by Crippen LogP contribution is -2.36. The number of rotatable bonds is 3. The molecule has 2 aromatic rings. The molecule has 1 fully saturated rings. The molecule has 3 rings (SSSR count). The lowest BCUT2D eigenvalue weighted by atomic mass is 10.1. The molecule has 0 saturated carbocycles. The highest BCUT2D eigenvalue weighted by Crippen LogP contribution is 2.27. The van der Waals surface area contributed by atoms with Crippen LogP contribution in [-0.4, -0.2) is 37.2 Å². The molecule has 1 N–H and O–H groups in total. The molecule has 114 valence electrons. The van der Waals surface area contributed by atoms with Crippen LogP contribution in [-0.2, 0) is 4.74 Å². The van der Waals surface area contributed by atoms with Gasteiger partial charge in [-0.1, -0.05) is 12.1 Å². The van der Waals surface area contributed by atoms with Gasteiger partial charge in [-0.15, -0.1) is 0 Å². The number of aromatic nitrogens is 1. The summed E-state index contributed by atoms with van der Waals surface area (Å²) in [5.41, 5.74) is 3.37. The minimum atomic E-state index is -0.111. The molecule has 0 spiro atoms. The molecule has 22 heavy (non-hydrogen) atoms. The van der Waals surface area contributed by atoms with E-state index in [0.717, 1.165) is 30.0 Å². The molecule has 1 aromatic carbocycles. The van der Waals surface area contributed by atoms with Crippen LogP contribution in [0, 0.1) is 6.92 Å². The average molecular weight is 297 g/mol. The maximum Gasteiger partial charge on any atom is 0.256 e. The number of anilines is 2. The van der Waals surface area contributed by atoms with Crippen LogP contribution in [0.25, 0.3) is 0 Å². The standard InChI is InChI=1S/C17H19N3O2/c1-13-12-18-7-6-14(13)17(21)19-15-4-2-3-5-16(15)20-8-10-22-11-9-20/h2-7,12H,8-11H2,1H3,(H,19,21). The molecule has 0 atom stereocenters. The number of nitrogens with one attached hydrogen (secondary N) is 1. The number of ether oxygens (including phenoxy) is 1. The van der Waals surface area contributed by atoms with E-state index in [1.165, 1.54) is 0 Å². The molecule has 0 bridgehead atoms. The van der Waals surface area contributed by atoms with Gasteiger partial charge in [-0.25, -0.2) is 0 Å². The van der Waals surface area contributed by atoms with Gasteiger partial charge in [-0.3, -0.25) is 9.78 Å². The average Bonchev–Trinajstić information content (AvgIpc) is 2.56. The summed E-state index contributed by atoms with van der Waals surface area (Å²) in [6, 6.07) is 9.61. The number of pyridine rings is 1. The van der Waals surface area contributed by atoms with Crippen LogP contribution in [0.1, 0.15) is 15.9 Å². The second-order valence-electron chi connectivity index (χ2n) is 5.26. The van der Waals surface area contributed by atoms with Crippen LogP contribution in [0.15, 0.2) is 42.7 Å². The predicted molar refractivity (Wildman–Crippen MR) is 86.4 cm³/mol. The molecular formula is C17H19N3O2. The molecule has 0 aliphatic carbocycles. The van der Waals surface area contributed by atoms with E-state index in [2.05, 4.69) is 15.2 Å². The summed E-state index contributed by atoms with van der Waals surface area (Å²) in [6.45, 7) is 4.98. The van der Waals surface area contributed by atoms with Gasteiger partial charge in [0.25, 0.3) is 5.91 Å². The van der Waals surface area contributed by atoms with Gasteiger partial charge in [0.2, 0.25) is 0 Å². The summed E-state index contributed by atoms with van der Waals surface area (Å²) >= 11 is 0. The van der Waals surface area contributed by atoms with E-state index >= 15 is 0 Å². The zero-order valence-corrected chi connectivity index (χ0v) is 12.6. The van der Waals surface area contributed by atoms with Crippen molar-refractivity contribution in [2.75, 3.05) is 36.5 Å². The Bertz CT molecular complexity index is 666. The molecule has 1 amide bonds. The van der Waals surface area contributed by atoms with Gasteiger partial charge >= 0.3 is 0 Å². The van der Waals surface area contributed by atoms with Crippen LogP contribution < -0.4 is 10.2 Å². The van der Waals surface area contributed by atoms with Crippen molar-refractivity contribution in [2.24, 2.45) is 0 Å². The number of hydrogen-bond donors (Lipinski definition) is 1. The molecule has 5 nitrogen and oxygen atoms in total. The summed E-state index contributed by atoms with van der Waals surface area (Å²) in [5, 5.41) is 3.02. The second-order valence-corrected chi connectivity index (χ2v) is 5.26. The highest BCUT2D eigenvalue weighted by atomic mass is 16.5. The quantitative estimate of drug-likeness (QED) is 0.945. The highest BCUT2D eigenvalue weighted by molar-refractivity contribution is 6.06. The maximum absolute atomic E-state index is 12.5. The molecule has 1 aliphatic rings. The summed E-state index contributed by atoms with van der Waals surface area (Å²) in [5.74, 6) is -0.111. The Morgan fingerprint density at radius 3 is 2.77 bits per heavy atom. The Kier molecular flexibility index (Phi) is 4.34. The van der Waals surface area contributed by atoms with E-state index in [9.17, 15) is 4.79 Å². The highest BCUT2D eigenvalue weighted by Gasteiger charge is 2.16. The number of carbonyl (C=O) groups is 1. The first kappa shape index (κ1) is 14.5. The Balaban J connectivity index is 1.83. The minimum Gasteiger partial charge on any atom is -0.378 e. The maximum atomic E-state index is 12.5. The summed E-state index contributed by atoms with van der Waals surface area (Å²) in [7, 11) is 0. The molecule has 1 aliphatic heterocycles. The molecule has 2 heterocycles. The van der Waals surface area contributed by atoms with Crippen LogP contribution in [0.4, 0.5) is 11.4 Å². The number of hydrogen-bond acceptors (Lipinski definition) is 4. The second kappa shape index (κ2) is 6.58. The number of para-hydroxylation sites is 2. The van der Waals surface area contributed by atoms with E-state index in [4.69, 9.17) is 4.74 Å². The van der Waals surface area contributed by atoms with Gasteiger partial charge in [0.05, 0.1) is 24.6 Å². The Morgan fingerprint density at radius 1 is 1.23 bits per heavy atom. The smallest absolute Gasteiger partial charge is 0.256 e. The number of nitrogens with zero attached hydrogens (tertiary/aromatic N) is 2. The van der Waals surface area contributed by atoms with Crippen molar-refractivity contribution in [1.82, 2.24) is 4.98 Å². The Labute approximate surface area is 129 Å². The SMILES string of the molecule is Cc1cnccc1C(=O)Nc1ccccc1N1CCOCC1. The van der Waals surface area contributed by atoms with E-state index in [1.54, 1.807) is 18.5 Å². The van der Waals surface area contributed by atoms with Gasteiger partial charge < -0.3 is 15.0 Å². The third-order valence-corrected chi connectivity index (χ3v) is 3.77. The Hall–Kier alpha value is -2.40. The van der Waals surface area contributed by atoms with Crippen molar-refractivity contribution in [2.45, 2.75) is 6.92 Å². The van der Waals surface area contributed by atoms with Crippen molar-refractivity contribution >= 4 is 17.3 Å². The topological polar surface area (TPSA) is 54.5 Å². The van der Waals surface area contributed by atoms with Gasteiger partial charge in [-0.2, -0.15) is 0 Å². The summed E-state index contributed by atoms with van der Waals surface area (Å²) in [4.78, 5) is 18.7. The predicted octanol–water partition coefficient (Wildman–Crippen LogP) is 2.48. The first-order valence-corrected chi connectivity index (χ1v) is 7.39. The normalized spacial score (nSPS) is 14.7. The summed E-state index contributed by atoms with van der Waals surface area (Å²) < 4.78 is 5.39. The lowest BCUT2D eigenvalue weighted by Gasteiger charge is -2.30. The zero-order valence-electron chi connectivity index (χ0n) is 12.6. The number of morpholine rings is 1. The van der Waals surface area contributed by atoms with Crippen LogP contribution in [0.2, 0.25) is 0 Å².